The first-order valence-electron chi connectivity index (χ1n) is 11.3. The molecule has 6 aromatic rings. The Morgan fingerprint density at radius 3 is 1.24 bits per heavy atom. The number of imidazole rings is 2. The highest BCUT2D eigenvalue weighted by Crippen LogP contribution is 2.27. The predicted octanol–water partition coefficient (Wildman–Crippen LogP) is -0.0177. The highest BCUT2D eigenvalue weighted by atomic mass is 79.9. The van der Waals surface area contributed by atoms with Crippen LogP contribution in [-0.2, 0) is 0 Å². The first-order chi connectivity index (χ1) is 16.7. The third-order valence-electron chi connectivity index (χ3n) is 6.26. The lowest BCUT2D eigenvalue weighted by Gasteiger charge is -1.98. The summed E-state index contributed by atoms with van der Waals surface area (Å²) in [5, 5.41) is 9.64. The summed E-state index contributed by atoms with van der Waals surface area (Å²) in [5.41, 5.74) is 8.31. The molecule has 37 heavy (non-hydrogen) atoms. The van der Waals surface area contributed by atoms with E-state index in [2.05, 4.69) is 71.4 Å². The molecule has 2 aromatic carbocycles. The van der Waals surface area contributed by atoms with Gasteiger partial charge in [0, 0.05) is 37.1 Å². The summed E-state index contributed by atoms with van der Waals surface area (Å²) in [6.45, 7) is 4.23. The number of pyridine rings is 2. The van der Waals surface area contributed by atoms with Crippen LogP contribution in [0, 0.1) is 13.8 Å². The van der Waals surface area contributed by atoms with Crippen molar-refractivity contribution in [2.24, 2.45) is 10.4 Å². The maximum Gasteiger partial charge on any atom is 0.314 e. The van der Waals surface area contributed by atoms with Crippen LogP contribution in [-0.4, -0.2) is 9.35 Å². The molecule has 0 spiro atoms. The third kappa shape index (κ3) is 4.91. The van der Waals surface area contributed by atoms with E-state index >= 15 is 0 Å². The molecule has 0 N–H and O–H groups in total. The molecule has 0 aliphatic rings. The highest BCUT2D eigenvalue weighted by Gasteiger charge is 2.27. The molecule has 4 aromatic heterocycles. The lowest BCUT2D eigenvalue weighted by atomic mass is 10.1. The molecular weight excluding hydrogens is 660 g/mol. The van der Waals surface area contributed by atoms with Crippen molar-refractivity contribution in [3.63, 3.8) is 0 Å². The maximum atomic E-state index is 4.82. The van der Waals surface area contributed by atoms with Gasteiger partial charge in [0.05, 0.1) is 22.8 Å². The molecule has 0 aliphatic carbocycles. The second-order valence-corrected chi connectivity index (χ2v) is 8.26. The van der Waals surface area contributed by atoms with Crippen LogP contribution in [0.5, 0.6) is 0 Å². The molecule has 0 aliphatic heterocycles. The molecule has 0 saturated carbocycles. The molecular formula is C28H25Br3N6. The monoisotopic (exact) mass is 682 g/mol. The minimum absolute atomic E-state index is 0. The number of hydrogen-bond acceptors (Lipinski definition) is 2. The molecule has 0 unspecified atom stereocenters. The number of rotatable bonds is 4. The van der Waals surface area contributed by atoms with Gasteiger partial charge in [0.1, 0.15) is 0 Å². The number of fused-ring (bicyclic) bond motifs is 2. The van der Waals surface area contributed by atoms with Gasteiger partial charge in [-0.1, -0.05) is 82.1 Å². The van der Waals surface area contributed by atoms with Crippen LogP contribution in [0.1, 0.15) is 11.4 Å². The van der Waals surface area contributed by atoms with Gasteiger partial charge in [-0.15, -0.1) is 17.0 Å². The van der Waals surface area contributed by atoms with Crippen molar-refractivity contribution in [3.05, 3.63) is 121 Å². The lowest BCUT2D eigenvalue weighted by Crippen LogP contribution is -3.00. The fraction of sp³-hybridized carbons (Fsp3) is 0.0714. The molecule has 0 fully saturated rings. The summed E-state index contributed by atoms with van der Waals surface area (Å²) < 4.78 is 8.14. The van der Waals surface area contributed by atoms with Crippen molar-refractivity contribution in [2.45, 2.75) is 13.8 Å². The van der Waals surface area contributed by atoms with Gasteiger partial charge in [0.2, 0.25) is 11.4 Å². The van der Waals surface area contributed by atoms with Crippen LogP contribution in [0.2, 0.25) is 0 Å². The molecule has 0 bridgehead atoms. The molecule has 0 radical (unpaired) electrons. The summed E-state index contributed by atoms with van der Waals surface area (Å²) in [5.74, 6) is 0. The van der Waals surface area contributed by atoms with Gasteiger partial charge in [0.25, 0.3) is 0 Å². The second kappa shape index (κ2) is 11.9. The Bertz CT molecular complexity index is 1550. The zero-order valence-corrected chi connectivity index (χ0v) is 25.1. The van der Waals surface area contributed by atoms with E-state index in [1.165, 1.54) is 0 Å². The van der Waals surface area contributed by atoms with E-state index in [1.54, 1.807) is 0 Å². The number of aryl methyl sites for hydroxylation is 2. The van der Waals surface area contributed by atoms with E-state index in [-0.39, 0.29) is 50.9 Å². The van der Waals surface area contributed by atoms with Crippen molar-refractivity contribution >= 4 is 28.3 Å². The smallest absolute Gasteiger partial charge is 0.314 e. The number of aromatic nitrogens is 4. The maximum absolute atomic E-state index is 4.82. The quantitative estimate of drug-likeness (QED) is 0.185. The average molecular weight is 685 g/mol. The molecule has 0 saturated heterocycles. The summed E-state index contributed by atoms with van der Waals surface area (Å²) >= 11 is 0. The van der Waals surface area contributed by atoms with Crippen molar-refractivity contribution in [1.29, 1.82) is 0 Å². The van der Waals surface area contributed by atoms with Gasteiger partial charge in [-0.25, -0.2) is 0 Å². The SMILES string of the molecule is Br.Cc1c(-c2ccccc2)n(/N=N/n2c(-c3ccccc3)c(C)[n+]3ccccc23)c2cccc[n+]12.[Br-].[Br-]. The van der Waals surface area contributed by atoms with Crippen molar-refractivity contribution in [3.8, 4) is 22.5 Å². The second-order valence-electron chi connectivity index (χ2n) is 8.26. The number of hydrogen-bond donors (Lipinski definition) is 0. The van der Waals surface area contributed by atoms with Gasteiger partial charge < -0.3 is 34.0 Å². The van der Waals surface area contributed by atoms with Gasteiger partial charge >= 0.3 is 11.3 Å². The van der Waals surface area contributed by atoms with Gasteiger partial charge in [0.15, 0.2) is 11.4 Å². The largest absolute Gasteiger partial charge is 1.00 e. The fourth-order valence-corrected chi connectivity index (χ4v) is 4.66. The molecule has 0 atom stereocenters. The van der Waals surface area contributed by atoms with Crippen LogP contribution in [0.15, 0.2) is 120 Å². The zero-order valence-electron chi connectivity index (χ0n) is 20.2. The Balaban J connectivity index is 0.00000127. The summed E-state index contributed by atoms with van der Waals surface area (Å²) in [7, 11) is 0. The Kier molecular flexibility index (Phi) is 9.17. The molecule has 6 rings (SSSR count). The standard InChI is InChI=1S/C28H24N6.3BrH/c1-21-27(23-13-5-3-6-14-23)33(25-17-9-11-19-31(21)25)29-30-34-26-18-10-12-20-32(26)22(2)28(34)24-15-7-4-8-16-24;;;/h3-20H,1-2H3;3*1H/q+2;;;/p-2/b30-29+;;;. The van der Waals surface area contributed by atoms with E-state index in [4.69, 9.17) is 10.4 Å². The first kappa shape index (κ1) is 28.4. The summed E-state index contributed by atoms with van der Waals surface area (Å²) in [6, 6.07) is 32.9. The average Bonchev–Trinajstić information content (AvgIpc) is 3.34. The van der Waals surface area contributed by atoms with Crippen LogP contribution in [0.3, 0.4) is 0 Å². The van der Waals surface area contributed by atoms with Crippen LogP contribution < -0.4 is 42.8 Å². The Hall–Kier alpha value is -3.14. The number of nitrogens with zero attached hydrogens (tertiary/aromatic N) is 6. The fourth-order valence-electron chi connectivity index (χ4n) is 4.66. The summed E-state index contributed by atoms with van der Waals surface area (Å²) in [4.78, 5) is 0. The highest BCUT2D eigenvalue weighted by molar-refractivity contribution is 8.93. The van der Waals surface area contributed by atoms with Crippen LogP contribution >= 0.6 is 17.0 Å². The third-order valence-corrected chi connectivity index (χ3v) is 6.26. The molecule has 188 valence electrons. The normalized spacial score (nSPS) is 10.8. The summed E-state index contributed by atoms with van der Waals surface area (Å²) in [6.07, 6.45) is 4.12. The van der Waals surface area contributed by atoms with E-state index < -0.39 is 0 Å². The minimum Gasteiger partial charge on any atom is -1.00 e. The van der Waals surface area contributed by atoms with Gasteiger partial charge in [-0.05, 0) is 12.1 Å². The number of halogens is 3. The topological polar surface area (TPSA) is 42.8 Å². The van der Waals surface area contributed by atoms with Crippen molar-refractivity contribution in [1.82, 2.24) is 9.35 Å². The Morgan fingerprint density at radius 1 is 0.514 bits per heavy atom. The van der Waals surface area contributed by atoms with Crippen LogP contribution in [0.25, 0.3) is 33.8 Å². The zero-order chi connectivity index (χ0) is 23.1. The van der Waals surface area contributed by atoms with E-state index in [0.29, 0.717) is 0 Å². The predicted molar refractivity (Wildman–Crippen MR) is 142 cm³/mol. The van der Waals surface area contributed by atoms with Crippen molar-refractivity contribution < 1.29 is 42.8 Å². The molecule has 4 heterocycles. The van der Waals surface area contributed by atoms with Gasteiger partial charge in [-0.3, -0.25) is 0 Å². The molecule has 6 nitrogen and oxygen atoms in total. The number of benzene rings is 2. The van der Waals surface area contributed by atoms with Gasteiger partial charge in [-0.2, -0.15) is 8.80 Å². The lowest BCUT2D eigenvalue weighted by molar-refractivity contribution is -0.518. The van der Waals surface area contributed by atoms with E-state index in [9.17, 15) is 0 Å². The Labute approximate surface area is 246 Å². The first-order valence-corrected chi connectivity index (χ1v) is 11.3. The van der Waals surface area contributed by atoms with Crippen molar-refractivity contribution in [2.75, 3.05) is 0 Å². The van der Waals surface area contributed by atoms with E-state index in [0.717, 1.165) is 45.2 Å². The van der Waals surface area contributed by atoms with Crippen LogP contribution in [0.4, 0.5) is 0 Å². The minimum atomic E-state index is 0. The Morgan fingerprint density at radius 2 is 0.865 bits per heavy atom. The molecule has 0 amide bonds. The molecule has 9 heteroatoms. The van der Waals surface area contributed by atoms with E-state index in [1.807, 2.05) is 70.0 Å².